The Bertz CT molecular complexity index is 945. The second kappa shape index (κ2) is 6.99. The summed E-state index contributed by atoms with van der Waals surface area (Å²) in [6.07, 6.45) is 0.973. The first kappa shape index (κ1) is 16.4. The smallest absolute Gasteiger partial charge is 0.279 e. The number of nitrogens with zero attached hydrogens (tertiary/aromatic N) is 2. The molecule has 0 saturated carbocycles. The summed E-state index contributed by atoms with van der Waals surface area (Å²) in [6.45, 7) is 2.93. The fraction of sp³-hybridized carbons (Fsp3) is 0.176. The van der Waals surface area contributed by atoms with Crippen molar-refractivity contribution in [3.05, 3.63) is 62.3 Å². The number of carbonyl (C=O) groups excluding carboxylic acids is 1. The molecular formula is C17H14BrClN2OS. The quantitative estimate of drug-likeness (QED) is 0.580. The maximum Gasteiger partial charge on any atom is 0.279 e. The Labute approximate surface area is 151 Å². The highest BCUT2D eigenvalue weighted by Crippen LogP contribution is 2.22. The van der Waals surface area contributed by atoms with Crippen molar-refractivity contribution in [2.45, 2.75) is 19.9 Å². The Morgan fingerprint density at radius 1 is 1.30 bits per heavy atom. The fourth-order valence-corrected chi connectivity index (χ4v) is 4.14. The zero-order chi connectivity index (χ0) is 16.4. The molecule has 118 valence electrons. The van der Waals surface area contributed by atoms with Crippen molar-refractivity contribution in [1.82, 2.24) is 4.57 Å². The molecule has 0 bridgehead atoms. The van der Waals surface area contributed by atoms with Crippen LogP contribution in [0, 0.1) is 0 Å². The van der Waals surface area contributed by atoms with E-state index in [4.69, 9.17) is 11.6 Å². The Balaban J connectivity index is 2.14. The summed E-state index contributed by atoms with van der Waals surface area (Å²) < 4.78 is 4.21. The summed E-state index contributed by atoms with van der Waals surface area (Å²) in [6, 6.07) is 13.0. The number of thiazole rings is 1. The molecule has 0 N–H and O–H groups in total. The third-order valence-electron chi connectivity index (χ3n) is 3.36. The first-order valence-electron chi connectivity index (χ1n) is 7.22. The van der Waals surface area contributed by atoms with Crippen LogP contribution in [0.3, 0.4) is 0 Å². The molecular weight excluding hydrogens is 396 g/mol. The summed E-state index contributed by atoms with van der Waals surface area (Å²) in [4.78, 5) is 17.5. The zero-order valence-electron chi connectivity index (χ0n) is 12.4. The molecule has 0 fully saturated rings. The SMILES string of the molecule is CCCn1c(=NC(=O)c2cccc(Cl)c2)sc2cc(Br)ccc21. The summed E-state index contributed by atoms with van der Waals surface area (Å²) in [5, 5.41) is 0.535. The molecule has 1 heterocycles. The lowest BCUT2D eigenvalue weighted by Gasteiger charge is -2.02. The molecule has 1 amide bonds. The van der Waals surface area contributed by atoms with Crippen molar-refractivity contribution in [3.8, 4) is 0 Å². The highest BCUT2D eigenvalue weighted by Gasteiger charge is 2.09. The molecule has 0 aliphatic heterocycles. The minimum atomic E-state index is -0.275. The van der Waals surface area contributed by atoms with Crippen LogP contribution in [0.2, 0.25) is 5.02 Å². The monoisotopic (exact) mass is 408 g/mol. The van der Waals surface area contributed by atoms with Gasteiger partial charge in [0.1, 0.15) is 0 Å². The minimum absolute atomic E-state index is 0.275. The van der Waals surface area contributed by atoms with E-state index in [1.165, 1.54) is 11.3 Å². The van der Waals surface area contributed by atoms with E-state index in [0.717, 1.165) is 27.7 Å². The van der Waals surface area contributed by atoms with E-state index in [2.05, 4.69) is 44.5 Å². The van der Waals surface area contributed by atoms with Crippen LogP contribution in [0.15, 0.2) is 51.9 Å². The average Bonchev–Trinajstić information content (AvgIpc) is 2.84. The van der Waals surface area contributed by atoms with Crippen molar-refractivity contribution in [2.75, 3.05) is 0 Å². The molecule has 1 aromatic heterocycles. The van der Waals surface area contributed by atoms with Gasteiger partial charge in [0, 0.05) is 21.6 Å². The van der Waals surface area contributed by atoms with Gasteiger partial charge in [0.25, 0.3) is 5.91 Å². The third kappa shape index (κ3) is 3.57. The lowest BCUT2D eigenvalue weighted by atomic mass is 10.2. The van der Waals surface area contributed by atoms with Crippen molar-refractivity contribution >= 4 is 55.0 Å². The summed E-state index contributed by atoms with van der Waals surface area (Å²) in [5.41, 5.74) is 1.59. The summed E-state index contributed by atoms with van der Waals surface area (Å²) in [7, 11) is 0. The summed E-state index contributed by atoms with van der Waals surface area (Å²) in [5.74, 6) is -0.275. The average molecular weight is 410 g/mol. The number of aryl methyl sites for hydroxylation is 1. The molecule has 0 spiro atoms. The van der Waals surface area contributed by atoms with Crippen molar-refractivity contribution in [1.29, 1.82) is 0 Å². The van der Waals surface area contributed by atoms with Gasteiger partial charge in [-0.2, -0.15) is 4.99 Å². The molecule has 2 aromatic carbocycles. The van der Waals surface area contributed by atoms with Gasteiger partial charge in [-0.3, -0.25) is 4.79 Å². The molecule has 0 aliphatic carbocycles. The van der Waals surface area contributed by atoms with Crippen molar-refractivity contribution in [3.63, 3.8) is 0 Å². The second-order valence-electron chi connectivity index (χ2n) is 5.08. The maximum atomic E-state index is 12.4. The largest absolute Gasteiger partial charge is 0.316 e. The molecule has 0 radical (unpaired) electrons. The number of carbonyl (C=O) groups is 1. The molecule has 23 heavy (non-hydrogen) atoms. The van der Waals surface area contributed by atoms with E-state index in [-0.39, 0.29) is 5.91 Å². The van der Waals surface area contributed by atoms with E-state index < -0.39 is 0 Å². The Kier molecular flexibility index (Phi) is 4.99. The molecule has 3 rings (SSSR count). The first-order valence-corrected chi connectivity index (χ1v) is 9.20. The number of halogens is 2. The van der Waals surface area contributed by atoms with Gasteiger partial charge >= 0.3 is 0 Å². The number of amides is 1. The lowest BCUT2D eigenvalue weighted by molar-refractivity contribution is 0.0998. The van der Waals surface area contributed by atoms with E-state index in [1.807, 2.05) is 6.07 Å². The number of fused-ring (bicyclic) bond motifs is 1. The predicted molar refractivity (Wildman–Crippen MR) is 99.2 cm³/mol. The Morgan fingerprint density at radius 2 is 2.13 bits per heavy atom. The number of aromatic nitrogens is 1. The van der Waals surface area contributed by atoms with Crippen molar-refractivity contribution < 1.29 is 4.79 Å². The topological polar surface area (TPSA) is 34.4 Å². The lowest BCUT2D eigenvalue weighted by Crippen LogP contribution is -2.16. The van der Waals surface area contributed by atoms with Crippen molar-refractivity contribution in [2.24, 2.45) is 4.99 Å². The molecule has 6 heteroatoms. The Morgan fingerprint density at radius 3 is 2.87 bits per heavy atom. The van der Waals surface area contributed by atoms with E-state index >= 15 is 0 Å². The fourth-order valence-electron chi connectivity index (χ4n) is 2.34. The van der Waals surface area contributed by atoms with Crippen LogP contribution in [0.4, 0.5) is 0 Å². The zero-order valence-corrected chi connectivity index (χ0v) is 15.6. The van der Waals surface area contributed by atoms with Crippen LogP contribution in [-0.2, 0) is 6.54 Å². The van der Waals surface area contributed by atoms with Gasteiger partial charge in [-0.1, -0.05) is 51.9 Å². The summed E-state index contributed by atoms with van der Waals surface area (Å²) >= 11 is 11.0. The van der Waals surface area contributed by atoms with Gasteiger partial charge in [-0.15, -0.1) is 0 Å². The molecule has 0 aliphatic rings. The number of hydrogen-bond acceptors (Lipinski definition) is 2. The molecule has 0 unspecified atom stereocenters. The molecule has 0 atom stereocenters. The highest BCUT2D eigenvalue weighted by atomic mass is 79.9. The third-order valence-corrected chi connectivity index (χ3v) is 5.13. The Hall–Kier alpha value is -1.43. The van der Waals surface area contributed by atoms with E-state index in [9.17, 15) is 4.79 Å². The highest BCUT2D eigenvalue weighted by molar-refractivity contribution is 9.10. The molecule has 0 saturated heterocycles. The first-order chi connectivity index (χ1) is 11.1. The molecule has 3 nitrogen and oxygen atoms in total. The minimum Gasteiger partial charge on any atom is -0.316 e. The normalized spacial score (nSPS) is 12.0. The van der Waals surface area contributed by atoms with Crippen LogP contribution in [0.25, 0.3) is 10.2 Å². The number of benzene rings is 2. The van der Waals surface area contributed by atoms with Crippen LogP contribution in [0.1, 0.15) is 23.7 Å². The van der Waals surface area contributed by atoms with Gasteiger partial charge in [-0.25, -0.2) is 0 Å². The van der Waals surface area contributed by atoms with Crippen LogP contribution in [0.5, 0.6) is 0 Å². The molecule has 3 aromatic rings. The van der Waals surface area contributed by atoms with Gasteiger partial charge in [0.2, 0.25) is 0 Å². The van der Waals surface area contributed by atoms with Crippen LogP contribution >= 0.6 is 38.9 Å². The maximum absolute atomic E-state index is 12.4. The van der Waals surface area contributed by atoms with E-state index in [0.29, 0.717) is 15.4 Å². The van der Waals surface area contributed by atoms with Crippen LogP contribution in [-0.4, -0.2) is 10.5 Å². The van der Waals surface area contributed by atoms with Gasteiger partial charge in [0.05, 0.1) is 10.2 Å². The predicted octanol–water partition coefficient (Wildman–Crippen LogP) is 5.27. The van der Waals surface area contributed by atoms with Gasteiger partial charge in [-0.05, 0) is 42.8 Å². The second-order valence-corrected chi connectivity index (χ2v) is 7.44. The standard InChI is InChI=1S/C17H14BrClN2OS/c1-2-8-21-14-7-6-12(18)10-15(14)23-17(21)20-16(22)11-4-3-5-13(19)9-11/h3-7,9-10H,2,8H2,1H3. The number of rotatable bonds is 3. The van der Waals surface area contributed by atoms with E-state index in [1.54, 1.807) is 24.3 Å². The van der Waals surface area contributed by atoms with Crippen LogP contribution < -0.4 is 4.80 Å². The van der Waals surface area contributed by atoms with Gasteiger partial charge in [0.15, 0.2) is 4.80 Å². The van der Waals surface area contributed by atoms with Gasteiger partial charge < -0.3 is 4.57 Å². The number of hydrogen-bond donors (Lipinski definition) is 0.